The highest BCUT2D eigenvalue weighted by molar-refractivity contribution is 7.90. The summed E-state index contributed by atoms with van der Waals surface area (Å²) in [6, 6.07) is 6.65. The van der Waals surface area contributed by atoms with Crippen LogP contribution in [0.1, 0.15) is 18.4 Å². The average molecular weight is 387 g/mol. The van der Waals surface area contributed by atoms with Crippen LogP contribution >= 0.6 is 12.4 Å². The van der Waals surface area contributed by atoms with Crippen LogP contribution in [0.25, 0.3) is 0 Å². The van der Waals surface area contributed by atoms with Gasteiger partial charge < -0.3 is 10.2 Å². The van der Waals surface area contributed by atoms with Gasteiger partial charge in [0.2, 0.25) is 5.91 Å². The lowest BCUT2D eigenvalue weighted by Gasteiger charge is -2.31. The molecule has 0 aliphatic carbocycles. The number of likely N-dealkylation sites (tertiary alicyclic amines) is 1. The van der Waals surface area contributed by atoms with E-state index in [-0.39, 0.29) is 35.6 Å². The predicted octanol–water partition coefficient (Wildman–Crippen LogP) is 0.605. The summed E-state index contributed by atoms with van der Waals surface area (Å²) in [5.41, 5.74) is 0.526. The largest absolute Gasteiger partial charge is 0.341 e. The molecule has 1 aromatic rings. The fraction of sp³-hybridized carbons (Fsp3) is 0.500. The first-order chi connectivity index (χ1) is 11.5. The van der Waals surface area contributed by atoms with Gasteiger partial charge in [0.05, 0.1) is 4.90 Å². The van der Waals surface area contributed by atoms with Gasteiger partial charge in [0, 0.05) is 18.7 Å². The van der Waals surface area contributed by atoms with Gasteiger partial charge in [0.15, 0.2) is 0 Å². The van der Waals surface area contributed by atoms with E-state index in [9.17, 15) is 13.2 Å². The van der Waals surface area contributed by atoms with Crippen LogP contribution < -0.4 is 10.0 Å². The molecule has 25 heavy (non-hydrogen) atoms. The van der Waals surface area contributed by atoms with Gasteiger partial charge in [-0.3, -0.25) is 14.5 Å². The summed E-state index contributed by atoms with van der Waals surface area (Å²) < 4.78 is 26.4. The molecule has 0 saturated carbocycles. The average Bonchev–Trinajstić information content (AvgIpc) is 2.85. The van der Waals surface area contributed by atoms with E-state index in [0.717, 1.165) is 32.5 Å². The van der Waals surface area contributed by atoms with E-state index in [1.807, 2.05) is 11.9 Å². The number of amidine groups is 1. The maximum atomic E-state index is 12.3. The lowest BCUT2D eigenvalue weighted by atomic mass is 9.97. The number of halogens is 1. The maximum Gasteiger partial charge on any atom is 0.263 e. The number of rotatable bonds is 4. The highest BCUT2D eigenvalue weighted by Crippen LogP contribution is 2.22. The van der Waals surface area contributed by atoms with Gasteiger partial charge in [-0.2, -0.15) is 0 Å². The van der Waals surface area contributed by atoms with Crippen molar-refractivity contribution in [3.05, 3.63) is 29.8 Å². The molecule has 1 fully saturated rings. The summed E-state index contributed by atoms with van der Waals surface area (Å²) in [6.07, 6.45) is 1.97. The van der Waals surface area contributed by atoms with Crippen molar-refractivity contribution in [3.8, 4) is 0 Å². The Hall–Kier alpha value is -1.64. The molecule has 138 valence electrons. The van der Waals surface area contributed by atoms with Gasteiger partial charge in [0.25, 0.3) is 10.0 Å². The van der Waals surface area contributed by atoms with Crippen LogP contribution in [0.15, 0.2) is 34.2 Å². The third-order valence-electron chi connectivity index (χ3n) is 4.50. The molecule has 2 heterocycles. The third-order valence-corrected chi connectivity index (χ3v) is 5.89. The molecule has 2 N–H and O–H groups in total. The van der Waals surface area contributed by atoms with Crippen LogP contribution in [0.4, 0.5) is 0 Å². The van der Waals surface area contributed by atoms with Gasteiger partial charge >= 0.3 is 0 Å². The Bertz CT molecular complexity index is 758. The van der Waals surface area contributed by atoms with Gasteiger partial charge in [-0.25, -0.2) is 8.42 Å². The fourth-order valence-electron chi connectivity index (χ4n) is 3.17. The number of sulfonamides is 1. The number of fused-ring (bicyclic) bond motifs is 1. The van der Waals surface area contributed by atoms with Crippen LogP contribution in [0.3, 0.4) is 0 Å². The summed E-state index contributed by atoms with van der Waals surface area (Å²) >= 11 is 0. The summed E-state index contributed by atoms with van der Waals surface area (Å²) in [4.78, 5) is 18.6. The van der Waals surface area contributed by atoms with E-state index in [4.69, 9.17) is 0 Å². The smallest absolute Gasteiger partial charge is 0.263 e. The number of hydrogen-bond donors (Lipinski definition) is 2. The quantitative estimate of drug-likeness (QED) is 0.793. The molecule has 0 radical (unpaired) electrons. The Morgan fingerprint density at radius 3 is 2.68 bits per heavy atom. The standard InChI is InChI=1S/C16H22N4O3S.ClH/c1-17-10-12-6-8-20(9-7-12)15(21)11-18-16-13-4-2-3-5-14(13)24(22,23)19-16;/h2-5,12,17H,6-11H2,1H3,(H,18,19);1H. The van der Waals surface area contributed by atoms with E-state index in [1.54, 1.807) is 18.2 Å². The number of piperidine rings is 1. The molecule has 0 unspecified atom stereocenters. The van der Waals surface area contributed by atoms with Crippen molar-refractivity contribution in [2.24, 2.45) is 10.9 Å². The number of aliphatic imine (C=N–C) groups is 1. The number of hydrogen-bond acceptors (Lipinski definition) is 5. The molecule has 9 heteroatoms. The molecular weight excluding hydrogens is 364 g/mol. The number of carbonyl (C=O) groups excluding carboxylic acids is 1. The van der Waals surface area contributed by atoms with Crippen LogP contribution in [-0.2, 0) is 14.8 Å². The first-order valence-electron chi connectivity index (χ1n) is 8.10. The SMILES string of the molecule is CNCC1CCN(C(=O)CN=C2NS(=O)(=O)c3ccccc32)CC1.Cl. The Morgan fingerprint density at radius 2 is 2.00 bits per heavy atom. The third kappa shape index (κ3) is 4.31. The molecular formula is C16H23ClN4O3S. The minimum Gasteiger partial charge on any atom is -0.341 e. The number of carbonyl (C=O) groups is 1. The van der Waals surface area contributed by atoms with E-state index >= 15 is 0 Å². The molecule has 0 aromatic heterocycles. The molecule has 1 amide bonds. The summed E-state index contributed by atoms with van der Waals surface area (Å²) in [5, 5.41) is 3.17. The highest BCUT2D eigenvalue weighted by Gasteiger charge is 2.30. The lowest BCUT2D eigenvalue weighted by molar-refractivity contribution is -0.130. The second-order valence-electron chi connectivity index (χ2n) is 6.15. The first-order valence-corrected chi connectivity index (χ1v) is 9.58. The molecule has 0 bridgehead atoms. The van der Waals surface area contributed by atoms with E-state index in [0.29, 0.717) is 11.5 Å². The second kappa shape index (κ2) is 8.16. The first kappa shape index (κ1) is 19.7. The van der Waals surface area contributed by atoms with Gasteiger partial charge in [-0.15, -0.1) is 12.4 Å². The number of amides is 1. The molecule has 7 nitrogen and oxygen atoms in total. The molecule has 0 spiro atoms. The molecule has 3 rings (SSSR count). The Morgan fingerprint density at radius 1 is 1.32 bits per heavy atom. The predicted molar refractivity (Wildman–Crippen MR) is 98.6 cm³/mol. The van der Waals surface area contributed by atoms with Crippen molar-refractivity contribution < 1.29 is 13.2 Å². The van der Waals surface area contributed by atoms with E-state index < -0.39 is 10.0 Å². The monoisotopic (exact) mass is 386 g/mol. The Labute approximate surface area is 154 Å². The number of nitrogens with zero attached hydrogens (tertiary/aromatic N) is 2. The van der Waals surface area contributed by atoms with E-state index in [2.05, 4.69) is 15.0 Å². The normalized spacial score (nSPS) is 20.7. The zero-order valence-corrected chi connectivity index (χ0v) is 15.7. The molecule has 1 saturated heterocycles. The summed E-state index contributed by atoms with van der Waals surface area (Å²) in [5.74, 6) is 0.803. The van der Waals surface area contributed by atoms with Crippen molar-refractivity contribution >= 4 is 34.2 Å². The summed E-state index contributed by atoms with van der Waals surface area (Å²) in [6.45, 7) is 2.41. The van der Waals surface area contributed by atoms with Gasteiger partial charge in [-0.1, -0.05) is 12.1 Å². The van der Waals surface area contributed by atoms with Crippen molar-refractivity contribution in [2.75, 3.05) is 33.2 Å². The second-order valence-corrected chi connectivity index (χ2v) is 7.80. The topological polar surface area (TPSA) is 90.9 Å². The maximum absolute atomic E-state index is 12.3. The van der Waals surface area contributed by atoms with Crippen molar-refractivity contribution in [1.29, 1.82) is 0 Å². The molecule has 0 atom stereocenters. The zero-order valence-electron chi connectivity index (χ0n) is 14.1. The van der Waals surface area contributed by atoms with E-state index in [1.165, 1.54) is 6.07 Å². The van der Waals surface area contributed by atoms with Crippen molar-refractivity contribution in [2.45, 2.75) is 17.7 Å². The van der Waals surface area contributed by atoms with Crippen molar-refractivity contribution in [3.63, 3.8) is 0 Å². The minimum atomic E-state index is -3.55. The fourth-order valence-corrected chi connectivity index (χ4v) is 4.42. The number of nitrogens with one attached hydrogen (secondary N) is 2. The minimum absolute atomic E-state index is 0. The van der Waals surface area contributed by atoms with Gasteiger partial charge in [-0.05, 0) is 44.5 Å². The van der Waals surface area contributed by atoms with Crippen LogP contribution in [-0.4, -0.2) is 58.3 Å². The Balaban J connectivity index is 0.00000225. The molecule has 2 aliphatic rings. The Kier molecular flexibility index (Phi) is 6.42. The van der Waals surface area contributed by atoms with Gasteiger partial charge in [0.1, 0.15) is 12.4 Å². The zero-order chi connectivity index (χ0) is 17.2. The van der Waals surface area contributed by atoms with Crippen molar-refractivity contribution in [1.82, 2.24) is 14.9 Å². The number of benzene rings is 1. The van der Waals surface area contributed by atoms with Crippen LogP contribution in [0.2, 0.25) is 0 Å². The van der Waals surface area contributed by atoms with Crippen LogP contribution in [0.5, 0.6) is 0 Å². The summed E-state index contributed by atoms with van der Waals surface area (Å²) in [7, 11) is -1.62. The highest BCUT2D eigenvalue weighted by atomic mass is 35.5. The molecule has 1 aromatic carbocycles. The lowest BCUT2D eigenvalue weighted by Crippen LogP contribution is -2.41. The van der Waals surface area contributed by atoms with Crippen LogP contribution in [0, 0.1) is 5.92 Å². The molecule has 2 aliphatic heterocycles.